The lowest BCUT2D eigenvalue weighted by Crippen LogP contribution is -1.86. The maximum absolute atomic E-state index is 9.98. The Morgan fingerprint density at radius 1 is 1.11 bits per heavy atom. The Morgan fingerprint density at radius 3 is 2.22 bits per heavy atom. The third-order valence-corrected chi connectivity index (χ3v) is 1.77. The van der Waals surface area contributed by atoms with Gasteiger partial charge in [0.2, 0.25) is 0 Å². The van der Waals surface area contributed by atoms with Crippen LogP contribution in [0.2, 0.25) is 0 Å². The third kappa shape index (κ3) is 7.95. The number of unbranched alkanes of at least 4 members (excludes halogenated alkanes) is 3. The summed E-state index contributed by atoms with van der Waals surface area (Å²) in [6.07, 6.45) is 3.75. The molecule has 1 radical (unpaired) electrons. The van der Waals surface area contributed by atoms with Crippen LogP contribution < -0.4 is 0 Å². The molecule has 0 aliphatic rings. The fourth-order valence-electron chi connectivity index (χ4n) is 0.594. The van der Waals surface area contributed by atoms with Crippen LogP contribution in [0.1, 0.15) is 25.7 Å². The molecule has 9 heavy (non-hydrogen) atoms. The zero-order valence-corrected chi connectivity index (χ0v) is 6.40. The molecule has 0 rings (SSSR count). The second-order valence-corrected chi connectivity index (χ2v) is 3.08. The summed E-state index contributed by atoms with van der Waals surface area (Å²) in [6.45, 7) is 3.65. The highest BCUT2D eigenvalue weighted by molar-refractivity contribution is 7.72. The Bertz CT molecular complexity index is 110. The zero-order chi connectivity index (χ0) is 7.11. The fraction of sp³-hybridized carbons (Fsp3) is 0.833. The average Bonchev–Trinajstić information content (AvgIpc) is 1.80. The van der Waals surface area contributed by atoms with Gasteiger partial charge in [-0.05, 0) is 6.42 Å². The molecule has 0 unspecified atom stereocenters. The van der Waals surface area contributed by atoms with Gasteiger partial charge in [0.25, 0.3) is 0 Å². The van der Waals surface area contributed by atoms with Crippen LogP contribution in [0.3, 0.4) is 0 Å². The third-order valence-electron chi connectivity index (χ3n) is 1.09. The van der Waals surface area contributed by atoms with Gasteiger partial charge in [0.1, 0.15) is 10.7 Å². The molecule has 0 spiro atoms. The Balaban J connectivity index is 2.92. The van der Waals surface area contributed by atoms with E-state index in [0.29, 0.717) is 5.75 Å². The SMILES string of the molecule is [CH2]CCCCC[SH](=O)=O. The van der Waals surface area contributed by atoms with Crippen molar-refractivity contribution in [3.05, 3.63) is 6.92 Å². The first-order chi connectivity index (χ1) is 4.27. The quantitative estimate of drug-likeness (QED) is 0.467. The van der Waals surface area contributed by atoms with E-state index in [4.69, 9.17) is 0 Å². The van der Waals surface area contributed by atoms with Crippen LogP contribution in [0.25, 0.3) is 0 Å². The minimum atomic E-state index is -2.14. The van der Waals surface area contributed by atoms with E-state index in [1.54, 1.807) is 0 Å². The first-order valence-electron chi connectivity index (χ1n) is 3.18. The van der Waals surface area contributed by atoms with Crippen LogP contribution >= 0.6 is 0 Å². The van der Waals surface area contributed by atoms with Gasteiger partial charge in [-0.15, -0.1) is 0 Å². The molecule has 0 N–H and O–H groups in total. The van der Waals surface area contributed by atoms with Gasteiger partial charge in [-0.2, -0.15) is 0 Å². The second kappa shape index (κ2) is 6.08. The van der Waals surface area contributed by atoms with Crippen molar-refractivity contribution < 1.29 is 8.42 Å². The summed E-state index contributed by atoms with van der Waals surface area (Å²) in [5.74, 6) is 0.343. The molecule has 0 heterocycles. The molecule has 0 aliphatic carbocycles. The normalized spacial score (nSPS) is 10.4. The molecule has 55 valence electrons. The maximum Gasteiger partial charge on any atom is 0.140 e. The van der Waals surface area contributed by atoms with Gasteiger partial charge < -0.3 is 0 Å². The Morgan fingerprint density at radius 2 is 1.78 bits per heavy atom. The smallest absolute Gasteiger partial charge is 0.140 e. The molecule has 0 bridgehead atoms. The van der Waals surface area contributed by atoms with Gasteiger partial charge in [-0.1, -0.05) is 26.2 Å². The van der Waals surface area contributed by atoms with Crippen molar-refractivity contribution in [2.45, 2.75) is 25.7 Å². The minimum absolute atomic E-state index is 0.343. The fourth-order valence-corrected chi connectivity index (χ4v) is 1.08. The highest BCUT2D eigenvalue weighted by Crippen LogP contribution is 1.97. The van der Waals surface area contributed by atoms with Crippen molar-refractivity contribution in [1.82, 2.24) is 0 Å². The van der Waals surface area contributed by atoms with Gasteiger partial charge in [-0.3, -0.25) is 0 Å². The summed E-state index contributed by atoms with van der Waals surface area (Å²) in [5.41, 5.74) is 0. The molecule has 0 aliphatic heterocycles. The summed E-state index contributed by atoms with van der Waals surface area (Å²) < 4.78 is 20.0. The van der Waals surface area contributed by atoms with Crippen molar-refractivity contribution in [1.29, 1.82) is 0 Å². The predicted octanol–water partition coefficient (Wildman–Crippen LogP) is 0.992. The summed E-state index contributed by atoms with van der Waals surface area (Å²) in [5, 5.41) is 0. The number of hydrogen-bond donors (Lipinski definition) is 1. The number of thiol groups is 1. The monoisotopic (exact) mass is 149 g/mol. The van der Waals surface area contributed by atoms with Gasteiger partial charge in [0, 0.05) is 5.75 Å². The summed E-state index contributed by atoms with van der Waals surface area (Å²) in [6, 6.07) is 0. The van der Waals surface area contributed by atoms with Gasteiger partial charge in [-0.25, -0.2) is 8.42 Å². The molecule has 0 saturated heterocycles. The highest BCUT2D eigenvalue weighted by Gasteiger charge is 1.87. The molecular weight excluding hydrogens is 136 g/mol. The van der Waals surface area contributed by atoms with Crippen LogP contribution in [0.5, 0.6) is 0 Å². The first kappa shape index (κ1) is 8.95. The van der Waals surface area contributed by atoms with Crippen LogP contribution in [-0.2, 0) is 10.7 Å². The lowest BCUT2D eigenvalue weighted by Gasteiger charge is -1.90. The molecule has 0 saturated carbocycles. The number of rotatable bonds is 5. The molecule has 0 aromatic heterocycles. The van der Waals surface area contributed by atoms with E-state index in [9.17, 15) is 8.42 Å². The van der Waals surface area contributed by atoms with E-state index < -0.39 is 10.7 Å². The van der Waals surface area contributed by atoms with E-state index in [1.165, 1.54) is 0 Å². The molecule has 3 heteroatoms. The van der Waals surface area contributed by atoms with E-state index in [2.05, 4.69) is 6.92 Å². The van der Waals surface area contributed by atoms with Crippen LogP contribution in [0.4, 0.5) is 0 Å². The lowest BCUT2D eigenvalue weighted by atomic mass is 10.2. The minimum Gasteiger partial charge on any atom is -0.232 e. The molecule has 0 fully saturated rings. The first-order valence-corrected chi connectivity index (χ1v) is 4.54. The summed E-state index contributed by atoms with van der Waals surface area (Å²) in [7, 11) is -2.14. The summed E-state index contributed by atoms with van der Waals surface area (Å²) >= 11 is 0. The van der Waals surface area contributed by atoms with Gasteiger partial charge in [0.15, 0.2) is 0 Å². The molecule has 0 amide bonds. The van der Waals surface area contributed by atoms with Crippen LogP contribution in [0.15, 0.2) is 0 Å². The van der Waals surface area contributed by atoms with Gasteiger partial charge in [0.05, 0.1) is 0 Å². The summed E-state index contributed by atoms with van der Waals surface area (Å²) in [4.78, 5) is 0. The standard InChI is InChI=1S/C6H13O2S/c1-2-3-4-5-6-9(7)8/h9H,1-6H2. The Hall–Kier alpha value is -0.0500. The molecule has 0 aromatic carbocycles. The molecular formula is C6H13O2S. The molecule has 0 atom stereocenters. The largest absolute Gasteiger partial charge is 0.232 e. The molecule has 0 aromatic rings. The van der Waals surface area contributed by atoms with Crippen molar-refractivity contribution in [3.8, 4) is 0 Å². The zero-order valence-electron chi connectivity index (χ0n) is 5.51. The Labute approximate surface area is 58.2 Å². The van der Waals surface area contributed by atoms with Crippen molar-refractivity contribution in [2.75, 3.05) is 5.75 Å². The van der Waals surface area contributed by atoms with Gasteiger partial charge >= 0.3 is 0 Å². The van der Waals surface area contributed by atoms with Crippen LogP contribution in [-0.4, -0.2) is 14.2 Å². The second-order valence-electron chi connectivity index (χ2n) is 1.97. The van der Waals surface area contributed by atoms with Crippen molar-refractivity contribution in [3.63, 3.8) is 0 Å². The van der Waals surface area contributed by atoms with Crippen molar-refractivity contribution in [2.24, 2.45) is 0 Å². The van der Waals surface area contributed by atoms with Crippen LogP contribution in [0, 0.1) is 6.92 Å². The predicted molar refractivity (Wildman–Crippen MR) is 39.0 cm³/mol. The Kier molecular flexibility index (Phi) is 6.04. The average molecular weight is 149 g/mol. The lowest BCUT2D eigenvalue weighted by molar-refractivity contribution is 0.608. The van der Waals surface area contributed by atoms with E-state index in [0.717, 1.165) is 25.7 Å². The van der Waals surface area contributed by atoms with E-state index in [-0.39, 0.29) is 0 Å². The number of hydrogen-bond acceptors (Lipinski definition) is 2. The topological polar surface area (TPSA) is 34.1 Å². The van der Waals surface area contributed by atoms with E-state index >= 15 is 0 Å². The van der Waals surface area contributed by atoms with Crippen molar-refractivity contribution >= 4 is 10.7 Å². The van der Waals surface area contributed by atoms with E-state index in [1.807, 2.05) is 0 Å². The molecule has 2 nitrogen and oxygen atoms in total. The maximum atomic E-state index is 9.98. The highest BCUT2D eigenvalue weighted by atomic mass is 32.2.